The number of benzene rings is 1. The molecule has 1 amide bonds. The largest absolute Gasteiger partial charge is 0.370 e. The molecule has 0 aromatic heterocycles. The van der Waals surface area contributed by atoms with Gasteiger partial charge in [-0.1, -0.05) is 17.7 Å². The molecule has 0 saturated heterocycles. The fraction of sp³-hybridized carbons (Fsp3) is 0. The molecular weight excluding hydrogens is 225 g/mol. The number of carbonyl (C=O) groups excluding carboxylic acids is 1. The van der Waals surface area contributed by atoms with Crippen molar-refractivity contribution >= 4 is 35.9 Å². The highest BCUT2D eigenvalue weighted by molar-refractivity contribution is 6.31. The van der Waals surface area contributed by atoms with Crippen molar-refractivity contribution in [1.82, 2.24) is 5.32 Å². The van der Waals surface area contributed by atoms with Gasteiger partial charge in [-0.15, -0.1) is 12.4 Å². The minimum absolute atomic E-state index is 0. The van der Waals surface area contributed by atoms with Crippen LogP contribution in [0.15, 0.2) is 24.3 Å². The lowest BCUT2D eigenvalue weighted by Gasteiger charge is -2.01. The molecule has 0 aliphatic heterocycles. The average Bonchev–Trinajstić information content (AvgIpc) is 2.03. The van der Waals surface area contributed by atoms with E-state index in [2.05, 4.69) is 5.32 Å². The third kappa shape index (κ3) is 3.64. The lowest BCUT2D eigenvalue weighted by molar-refractivity contribution is 0.0976. The zero-order valence-corrected chi connectivity index (χ0v) is 8.65. The second-order valence-electron chi connectivity index (χ2n) is 2.38. The molecule has 1 aromatic rings. The van der Waals surface area contributed by atoms with Crippen LogP contribution in [0.25, 0.3) is 0 Å². The van der Waals surface area contributed by atoms with Gasteiger partial charge < -0.3 is 5.73 Å². The fourth-order valence-corrected chi connectivity index (χ4v) is 1.01. The maximum Gasteiger partial charge on any atom is 0.257 e. The summed E-state index contributed by atoms with van der Waals surface area (Å²) in [5.41, 5.74) is 5.36. The Morgan fingerprint density at radius 3 is 2.64 bits per heavy atom. The molecule has 6 heteroatoms. The molecule has 0 unspecified atom stereocenters. The van der Waals surface area contributed by atoms with Gasteiger partial charge >= 0.3 is 0 Å². The number of rotatable bonds is 1. The third-order valence-electron chi connectivity index (χ3n) is 1.34. The lowest BCUT2D eigenvalue weighted by Crippen LogP contribution is -2.35. The number of carbonyl (C=O) groups is 1. The third-order valence-corrected chi connectivity index (χ3v) is 1.57. The first-order valence-corrected chi connectivity index (χ1v) is 3.88. The molecule has 0 aliphatic carbocycles. The van der Waals surface area contributed by atoms with Gasteiger partial charge in [-0.2, -0.15) is 0 Å². The Labute approximate surface area is 92.4 Å². The Bertz CT molecular complexity index is 354. The van der Waals surface area contributed by atoms with E-state index in [1.54, 1.807) is 18.2 Å². The van der Waals surface area contributed by atoms with Crippen LogP contribution in [0, 0.1) is 5.41 Å². The highest BCUT2D eigenvalue weighted by Crippen LogP contribution is 2.10. The van der Waals surface area contributed by atoms with Crippen LogP contribution >= 0.6 is 24.0 Å². The summed E-state index contributed by atoms with van der Waals surface area (Å²) in [6.07, 6.45) is 0. The van der Waals surface area contributed by atoms with E-state index in [9.17, 15) is 4.79 Å². The van der Waals surface area contributed by atoms with Crippen LogP contribution in [0.3, 0.4) is 0 Å². The summed E-state index contributed by atoms with van der Waals surface area (Å²) < 4.78 is 0. The molecule has 0 fully saturated rings. The van der Waals surface area contributed by atoms with E-state index in [1.807, 2.05) is 0 Å². The van der Waals surface area contributed by atoms with Crippen molar-refractivity contribution in [2.75, 3.05) is 0 Å². The van der Waals surface area contributed by atoms with Gasteiger partial charge in [0.1, 0.15) is 0 Å². The molecule has 4 N–H and O–H groups in total. The van der Waals surface area contributed by atoms with Gasteiger partial charge in [-0.25, -0.2) is 0 Å². The molecule has 76 valence electrons. The van der Waals surface area contributed by atoms with E-state index in [0.717, 1.165) is 0 Å². The quantitative estimate of drug-likeness (QED) is 0.507. The SMILES string of the molecule is Cl.N=C(N)NC(=O)c1cccc(Cl)c1. The van der Waals surface area contributed by atoms with Gasteiger partial charge in [0.2, 0.25) is 0 Å². The summed E-state index contributed by atoms with van der Waals surface area (Å²) in [4.78, 5) is 11.2. The van der Waals surface area contributed by atoms with Gasteiger partial charge in [-0.05, 0) is 18.2 Å². The average molecular weight is 234 g/mol. The predicted octanol–water partition coefficient (Wildman–Crippen LogP) is 1.39. The molecule has 0 radical (unpaired) electrons. The number of guanidine groups is 1. The molecule has 0 saturated carbocycles. The van der Waals surface area contributed by atoms with Crippen LogP contribution in [0.1, 0.15) is 10.4 Å². The highest BCUT2D eigenvalue weighted by Gasteiger charge is 2.05. The molecule has 1 aromatic carbocycles. The Morgan fingerprint density at radius 1 is 1.50 bits per heavy atom. The van der Waals surface area contributed by atoms with E-state index in [1.165, 1.54) is 6.07 Å². The van der Waals surface area contributed by atoms with Gasteiger partial charge in [0.25, 0.3) is 5.91 Å². The first-order chi connectivity index (χ1) is 6.09. The van der Waals surface area contributed by atoms with Crippen molar-refractivity contribution in [3.8, 4) is 0 Å². The van der Waals surface area contributed by atoms with Gasteiger partial charge in [0.15, 0.2) is 5.96 Å². The number of nitrogens with two attached hydrogens (primary N) is 1. The molecule has 4 nitrogen and oxygen atoms in total. The Kier molecular flexibility index (Phi) is 4.97. The number of halogens is 2. The van der Waals surface area contributed by atoms with Crippen molar-refractivity contribution in [1.29, 1.82) is 5.41 Å². The maximum atomic E-state index is 11.2. The predicted molar refractivity (Wildman–Crippen MR) is 58.1 cm³/mol. The Balaban J connectivity index is 0.00000169. The maximum absolute atomic E-state index is 11.2. The van der Waals surface area contributed by atoms with Crippen LogP contribution in [0.2, 0.25) is 5.02 Å². The van der Waals surface area contributed by atoms with Crippen LogP contribution in [0.4, 0.5) is 0 Å². The van der Waals surface area contributed by atoms with Crippen molar-refractivity contribution in [2.45, 2.75) is 0 Å². The normalized spacial score (nSPS) is 8.64. The topological polar surface area (TPSA) is 79.0 Å². The molecule has 0 bridgehead atoms. The standard InChI is InChI=1S/C8H8ClN3O.ClH/c9-6-3-1-2-5(4-6)7(13)12-8(10)11;/h1-4H,(H4,10,11,12,13);1H. The smallest absolute Gasteiger partial charge is 0.257 e. The summed E-state index contributed by atoms with van der Waals surface area (Å²) >= 11 is 5.66. The lowest BCUT2D eigenvalue weighted by atomic mass is 10.2. The molecule has 14 heavy (non-hydrogen) atoms. The minimum atomic E-state index is -0.435. The minimum Gasteiger partial charge on any atom is -0.370 e. The van der Waals surface area contributed by atoms with Crippen LogP contribution in [-0.4, -0.2) is 11.9 Å². The first-order valence-electron chi connectivity index (χ1n) is 3.50. The Morgan fingerprint density at radius 2 is 2.14 bits per heavy atom. The molecule has 0 atom stereocenters. The summed E-state index contributed by atoms with van der Waals surface area (Å²) in [6, 6.07) is 6.40. The van der Waals surface area contributed by atoms with Gasteiger partial charge in [0, 0.05) is 10.6 Å². The molecule has 1 rings (SSSR count). The van der Waals surface area contributed by atoms with Crippen molar-refractivity contribution in [3.63, 3.8) is 0 Å². The summed E-state index contributed by atoms with van der Waals surface area (Å²) in [5.74, 6) is -0.819. The summed E-state index contributed by atoms with van der Waals surface area (Å²) in [5, 5.41) is 9.46. The van der Waals surface area contributed by atoms with E-state index in [-0.39, 0.29) is 18.4 Å². The molecule has 0 heterocycles. The van der Waals surface area contributed by atoms with Crippen molar-refractivity contribution in [2.24, 2.45) is 5.73 Å². The first kappa shape index (κ1) is 12.7. The van der Waals surface area contributed by atoms with Crippen molar-refractivity contribution < 1.29 is 4.79 Å². The molecule has 0 aliphatic rings. The van der Waals surface area contributed by atoms with E-state index >= 15 is 0 Å². The molecular formula is C8H9Cl2N3O. The van der Waals surface area contributed by atoms with Crippen LogP contribution in [0.5, 0.6) is 0 Å². The van der Waals surface area contributed by atoms with E-state index in [0.29, 0.717) is 10.6 Å². The van der Waals surface area contributed by atoms with E-state index in [4.69, 9.17) is 22.7 Å². The van der Waals surface area contributed by atoms with Crippen LogP contribution in [-0.2, 0) is 0 Å². The second-order valence-corrected chi connectivity index (χ2v) is 2.81. The summed E-state index contributed by atoms with van der Waals surface area (Å²) in [7, 11) is 0. The van der Waals surface area contributed by atoms with Crippen LogP contribution < -0.4 is 11.1 Å². The second kappa shape index (κ2) is 5.47. The van der Waals surface area contributed by atoms with Crippen molar-refractivity contribution in [3.05, 3.63) is 34.9 Å². The summed E-state index contributed by atoms with van der Waals surface area (Å²) in [6.45, 7) is 0. The number of nitrogens with one attached hydrogen (secondary N) is 2. The molecule has 0 spiro atoms. The number of hydrogen-bond acceptors (Lipinski definition) is 2. The number of amides is 1. The van der Waals surface area contributed by atoms with E-state index < -0.39 is 5.91 Å². The zero-order valence-electron chi connectivity index (χ0n) is 7.08. The zero-order chi connectivity index (χ0) is 9.84. The Hall–Kier alpha value is -1.26. The van der Waals surface area contributed by atoms with Gasteiger partial charge in [-0.3, -0.25) is 15.5 Å². The monoisotopic (exact) mass is 233 g/mol. The van der Waals surface area contributed by atoms with Gasteiger partial charge in [0.05, 0.1) is 0 Å². The fourth-order valence-electron chi connectivity index (χ4n) is 0.824. The highest BCUT2D eigenvalue weighted by atomic mass is 35.5. The number of hydrogen-bond donors (Lipinski definition) is 3.